The molecule has 0 unspecified atom stereocenters. The van der Waals surface area contributed by atoms with E-state index >= 15 is 0 Å². The highest BCUT2D eigenvalue weighted by molar-refractivity contribution is 7.25. The van der Waals surface area contributed by atoms with E-state index < -0.39 is 11.6 Å². The van der Waals surface area contributed by atoms with Crippen molar-refractivity contribution in [2.75, 3.05) is 26.1 Å². The van der Waals surface area contributed by atoms with Crippen molar-refractivity contribution in [1.29, 1.82) is 0 Å². The van der Waals surface area contributed by atoms with Crippen LogP contribution < -0.4 is 26.0 Å². The van der Waals surface area contributed by atoms with E-state index in [1.54, 1.807) is 36.5 Å². The number of thiophene rings is 1. The summed E-state index contributed by atoms with van der Waals surface area (Å²) in [6, 6.07) is 8.54. The number of pyridine rings is 1. The molecule has 4 aromatic rings. The van der Waals surface area contributed by atoms with E-state index in [2.05, 4.69) is 10.3 Å². The summed E-state index contributed by atoms with van der Waals surface area (Å²) in [6.45, 7) is 0.471. The minimum absolute atomic E-state index is 0.145. The molecule has 1 fully saturated rings. The Bertz CT molecular complexity index is 1530. The van der Waals surface area contributed by atoms with E-state index in [-0.39, 0.29) is 24.8 Å². The summed E-state index contributed by atoms with van der Waals surface area (Å²) in [5.41, 5.74) is -0.0373. The zero-order chi connectivity index (χ0) is 24.5. The number of carbonyl (C=O) groups is 1. The van der Waals surface area contributed by atoms with E-state index in [0.717, 1.165) is 12.8 Å². The zero-order valence-electron chi connectivity index (χ0n) is 19.3. The van der Waals surface area contributed by atoms with Gasteiger partial charge in [-0.3, -0.25) is 18.7 Å². The second kappa shape index (κ2) is 9.51. The van der Waals surface area contributed by atoms with Gasteiger partial charge in [-0.05, 0) is 37.1 Å². The lowest BCUT2D eigenvalue weighted by molar-refractivity contribution is -0.116. The average Bonchev–Trinajstić information content (AvgIpc) is 3.52. The molecule has 4 heterocycles. The summed E-state index contributed by atoms with van der Waals surface area (Å²) < 4.78 is 19.1. The van der Waals surface area contributed by atoms with Crippen molar-refractivity contribution in [2.45, 2.75) is 32.0 Å². The molecule has 1 saturated heterocycles. The maximum absolute atomic E-state index is 13.5. The fourth-order valence-corrected chi connectivity index (χ4v) is 5.44. The monoisotopic (exact) mass is 496 g/mol. The molecule has 1 atom stereocenters. The Morgan fingerprint density at radius 3 is 2.77 bits per heavy atom. The van der Waals surface area contributed by atoms with Crippen molar-refractivity contribution >= 4 is 43.4 Å². The van der Waals surface area contributed by atoms with Crippen molar-refractivity contribution in [3.05, 3.63) is 57.4 Å². The van der Waals surface area contributed by atoms with Crippen LogP contribution in [0.2, 0.25) is 0 Å². The lowest BCUT2D eigenvalue weighted by atomic mass is 10.2. The molecule has 0 aliphatic carbocycles. The first-order valence-corrected chi connectivity index (χ1v) is 12.0. The topological polar surface area (TPSA) is 114 Å². The Balaban J connectivity index is 1.57. The maximum Gasteiger partial charge on any atom is 0.332 e. The molecule has 5 rings (SSSR count). The number of ether oxygens (including phenoxy) is 3. The fraction of sp³-hybridized carbons (Fsp3) is 0.333. The molecule has 35 heavy (non-hydrogen) atoms. The Morgan fingerprint density at radius 1 is 1.20 bits per heavy atom. The molecule has 1 aliphatic heterocycles. The minimum Gasteiger partial charge on any atom is -0.493 e. The van der Waals surface area contributed by atoms with Crippen LogP contribution in [0, 0.1) is 0 Å². The van der Waals surface area contributed by atoms with Crippen LogP contribution in [0.3, 0.4) is 0 Å². The number of fused-ring (bicyclic) bond motifs is 3. The third-order valence-electron chi connectivity index (χ3n) is 5.99. The molecule has 0 spiro atoms. The minimum atomic E-state index is -0.552. The normalized spacial score (nSPS) is 15.5. The Hall–Kier alpha value is -3.70. The van der Waals surface area contributed by atoms with Crippen LogP contribution >= 0.6 is 11.3 Å². The Morgan fingerprint density at radius 2 is 2.03 bits per heavy atom. The van der Waals surface area contributed by atoms with Crippen LogP contribution in [0.15, 0.2) is 46.1 Å². The fourth-order valence-electron chi connectivity index (χ4n) is 4.34. The Labute approximate surface area is 203 Å². The number of anilines is 1. The quantitative estimate of drug-likeness (QED) is 0.418. The first kappa shape index (κ1) is 23.1. The number of amides is 1. The standard InChI is InChI=1S/C24H24N4O6S/c1-32-17-8-7-14(11-18(17)33-2)26-19(29)13-27-20-16-6-3-9-25-22(16)35-21(20)23(30)28(24(27)31)12-15-5-4-10-34-15/h3,6-9,11,15H,4-5,10,12-13H2,1-2H3,(H,26,29)/t15-/m1/s1. The van der Waals surface area contributed by atoms with Gasteiger partial charge < -0.3 is 19.5 Å². The third kappa shape index (κ3) is 4.28. The number of rotatable bonds is 7. The van der Waals surface area contributed by atoms with Gasteiger partial charge in [0.2, 0.25) is 5.91 Å². The molecule has 11 heteroatoms. The summed E-state index contributed by atoms with van der Waals surface area (Å²) in [5.74, 6) is 0.568. The van der Waals surface area contributed by atoms with Crippen molar-refractivity contribution in [1.82, 2.24) is 14.1 Å². The smallest absolute Gasteiger partial charge is 0.332 e. The van der Waals surface area contributed by atoms with Crippen molar-refractivity contribution < 1.29 is 19.0 Å². The molecular weight excluding hydrogens is 472 g/mol. The third-order valence-corrected chi connectivity index (χ3v) is 7.08. The van der Waals surface area contributed by atoms with Crippen molar-refractivity contribution in [2.24, 2.45) is 0 Å². The molecule has 10 nitrogen and oxygen atoms in total. The van der Waals surface area contributed by atoms with E-state index in [1.807, 2.05) is 0 Å². The first-order valence-electron chi connectivity index (χ1n) is 11.1. The summed E-state index contributed by atoms with van der Waals surface area (Å²) in [4.78, 5) is 44.9. The molecular formula is C24H24N4O6S. The van der Waals surface area contributed by atoms with Gasteiger partial charge in [-0.1, -0.05) is 0 Å². The van der Waals surface area contributed by atoms with Gasteiger partial charge in [0.05, 0.1) is 32.4 Å². The predicted molar refractivity (Wildman–Crippen MR) is 133 cm³/mol. The van der Waals surface area contributed by atoms with Crippen molar-refractivity contribution in [3.63, 3.8) is 0 Å². The highest BCUT2D eigenvalue weighted by atomic mass is 32.1. The number of nitrogens with zero attached hydrogens (tertiary/aromatic N) is 3. The largest absolute Gasteiger partial charge is 0.493 e. The molecule has 3 aromatic heterocycles. The molecule has 0 radical (unpaired) electrons. The van der Waals surface area contributed by atoms with Crippen LogP contribution in [0.4, 0.5) is 5.69 Å². The molecule has 0 saturated carbocycles. The van der Waals surface area contributed by atoms with Gasteiger partial charge in [0.25, 0.3) is 5.56 Å². The van der Waals surface area contributed by atoms with Crippen LogP contribution in [-0.2, 0) is 22.6 Å². The lowest BCUT2D eigenvalue weighted by Crippen LogP contribution is -2.43. The predicted octanol–water partition coefficient (Wildman–Crippen LogP) is 2.61. The number of benzene rings is 1. The molecule has 1 amide bonds. The van der Waals surface area contributed by atoms with Gasteiger partial charge in [-0.25, -0.2) is 9.78 Å². The highest BCUT2D eigenvalue weighted by Gasteiger charge is 2.24. The van der Waals surface area contributed by atoms with Gasteiger partial charge in [0, 0.05) is 29.9 Å². The number of carbonyl (C=O) groups excluding carboxylic acids is 1. The Kier molecular flexibility index (Phi) is 6.27. The van der Waals surface area contributed by atoms with Crippen LogP contribution in [0.5, 0.6) is 11.5 Å². The number of hydrogen-bond donors (Lipinski definition) is 1. The van der Waals surface area contributed by atoms with E-state index in [0.29, 0.717) is 44.2 Å². The SMILES string of the molecule is COc1ccc(NC(=O)Cn2c(=O)n(C[C@H]3CCCO3)c(=O)c3sc4ncccc4c32)cc1OC. The molecule has 182 valence electrons. The number of aromatic nitrogens is 3. The van der Waals surface area contributed by atoms with E-state index in [9.17, 15) is 14.4 Å². The first-order chi connectivity index (χ1) is 17.0. The summed E-state index contributed by atoms with van der Waals surface area (Å²) in [6.07, 6.45) is 3.09. The number of hydrogen-bond acceptors (Lipinski definition) is 8. The lowest BCUT2D eigenvalue weighted by Gasteiger charge is -2.15. The maximum atomic E-state index is 13.5. The molecule has 1 aliphatic rings. The second-order valence-corrected chi connectivity index (χ2v) is 9.17. The molecule has 1 N–H and O–H groups in total. The number of nitrogens with one attached hydrogen (secondary N) is 1. The molecule has 0 bridgehead atoms. The van der Waals surface area contributed by atoms with E-state index in [4.69, 9.17) is 14.2 Å². The highest BCUT2D eigenvalue weighted by Crippen LogP contribution is 2.31. The summed E-state index contributed by atoms with van der Waals surface area (Å²) in [7, 11) is 3.03. The van der Waals surface area contributed by atoms with Gasteiger partial charge in [0.15, 0.2) is 11.5 Å². The van der Waals surface area contributed by atoms with Gasteiger partial charge in [-0.15, -0.1) is 11.3 Å². The summed E-state index contributed by atoms with van der Waals surface area (Å²) >= 11 is 1.22. The number of methoxy groups -OCH3 is 2. The average molecular weight is 497 g/mol. The van der Waals surface area contributed by atoms with Gasteiger partial charge in [0.1, 0.15) is 16.1 Å². The van der Waals surface area contributed by atoms with Crippen LogP contribution in [0.1, 0.15) is 12.8 Å². The molecule has 1 aromatic carbocycles. The zero-order valence-corrected chi connectivity index (χ0v) is 20.1. The van der Waals surface area contributed by atoms with E-state index in [1.165, 1.54) is 34.7 Å². The van der Waals surface area contributed by atoms with Crippen LogP contribution in [0.25, 0.3) is 20.4 Å². The second-order valence-electron chi connectivity index (χ2n) is 8.17. The van der Waals surface area contributed by atoms with Crippen LogP contribution in [-0.4, -0.2) is 47.0 Å². The summed E-state index contributed by atoms with van der Waals surface area (Å²) in [5, 5.41) is 3.45. The van der Waals surface area contributed by atoms with Gasteiger partial charge in [-0.2, -0.15) is 0 Å². The van der Waals surface area contributed by atoms with Crippen molar-refractivity contribution in [3.8, 4) is 11.5 Å². The van der Waals surface area contributed by atoms with Gasteiger partial charge >= 0.3 is 5.69 Å².